The molecule has 128 valence electrons. The van der Waals surface area contributed by atoms with Gasteiger partial charge in [-0.15, -0.1) is 11.3 Å². The van der Waals surface area contributed by atoms with E-state index in [0.717, 1.165) is 50.3 Å². The number of fused-ring (bicyclic) bond motifs is 1. The minimum absolute atomic E-state index is 0.00202. The van der Waals surface area contributed by atoms with Crippen LogP contribution in [0.1, 0.15) is 25.0 Å². The number of hydrogen-bond donors (Lipinski definition) is 1. The average Bonchev–Trinajstić information content (AvgIpc) is 3.32. The Morgan fingerprint density at radius 1 is 1.42 bits per heavy atom. The SMILES string of the molecule is O=C(NC[C@H]1CCCO1)N1CCCn2nc(-c3cccs3)cc2C1. The molecule has 1 fully saturated rings. The second kappa shape index (κ2) is 6.94. The summed E-state index contributed by atoms with van der Waals surface area (Å²) in [5.41, 5.74) is 2.10. The molecule has 0 unspecified atom stereocenters. The summed E-state index contributed by atoms with van der Waals surface area (Å²) in [5, 5.41) is 9.79. The van der Waals surface area contributed by atoms with Crippen LogP contribution in [0.2, 0.25) is 0 Å². The number of rotatable bonds is 3. The molecule has 2 aliphatic rings. The molecule has 4 rings (SSSR count). The van der Waals surface area contributed by atoms with Crippen molar-refractivity contribution in [1.29, 1.82) is 0 Å². The van der Waals surface area contributed by atoms with Gasteiger partial charge in [0, 0.05) is 26.2 Å². The Bertz CT molecular complexity index is 692. The minimum Gasteiger partial charge on any atom is -0.376 e. The third kappa shape index (κ3) is 3.32. The minimum atomic E-state index is -0.00202. The van der Waals surface area contributed by atoms with Crippen molar-refractivity contribution in [3.8, 4) is 10.6 Å². The van der Waals surface area contributed by atoms with Crippen LogP contribution in [0.15, 0.2) is 23.6 Å². The van der Waals surface area contributed by atoms with Gasteiger partial charge in [0.25, 0.3) is 0 Å². The van der Waals surface area contributed by atoms with Gasteiger partial charge in [0.1, 0.15) is 5.69 Å². The van der Waals surface area contributed by atoms with Crippen LogP contribution in [0.3, 0.4) is 0 Å². The Morgan fingerprint density at radius 2 is 2.38 bits per heavy atom. The number of nitrogens with zero attached hydrogens (tertiary/aromatic N) is 3. The summed E-state index contributed by atoms with van der Waals surface area (Å²) in [7, 11) is 0. The largest absolute Gasteiger partial charge is 0.376 e. The molecular formula is C17H22N4O2S. The maximum Gasteiger partial charge on any atom is 0.317 e. The quantitative estimate of drug-likeness (QED) is 0.930. The van der Waals surface area contributed by atoms with E-state index in [1.807, 2.05) is 15.6 Å². The first-order chi connectivity index (χ1) is 11.8. The van der Waals surface area contributed by atoms with E-state index in [9.17, 15) is 4.79 Å². The molecular weight excluding hydrogens is 324 g/mol. The van der Waals surface area contributed by atoms with Crippen LogP contribution in [0.25, 0.3) is 10.6 Å². The van der Waals surface area contributed by atoms with Crippen molar-refractivity contribution < 1.29 is 9.53 Å². The van der Waals surface area contributed by atoms with Gasteiger partial charge in [-0.2, -0.15) is 5.10 Å². The van der Waals surface area contributed by atoms with Crippen molar-refractivity contribution in [2.75, 3.05) is 19.7 Å². The van der Waals surface area contributed by atoms with Crippen molar-refractivity contribution >= 4 is 17.4 Å². The predicted molar refractivity (Wildman–Crippen MR) is 92.9 cm³/mol. The number of nitrogens with one attached hydrogen (secondary N) is 1. The number of aryl methyl sites for hydroxylation is 1. The molecule has 0 aromatic carbocycles. The summed E-state index contributed by atoms with van der Waals surface area (Å²) in [6, 6.07) is 6.23. The summed E-state index contributed by atoms with van der Waals surface area (Å²) >= 11 is 1.69. The standard InChI is InChI=1S/C17H22N4O2S/c22-17(18-11-14-4-1-8-23-14)20-6-3-7-21-13(12-20)10-15(19-21)16-5-2-9-24-16/h2,5,9-10,14H,1,3-4,6-8,11-12H2,(H,18,22)/t14-/m1/s1. The number of urea groups is 1. The molecule has 0 spiro atoms. The van der Waals surface area contributed by atoms with Gasteiger partial charge in [-0.25, -0.2) is 4.79 Å². The van der Waals surface area contributed by atoms with E-state index in [1.165, 1.54) is 4.88 Å². The zero-order chi connectivity index (χ0) is 16.4. The van der Waals surface area contributed by atoms with E-state index >= 15 is 0 Å². The summed E-state index contributed by atoms with van der Waals surface area (Å²) in [4.78, 5) is 15.5. The number of hydrogen-bond acceptors (Lipinski definition) is 4. The maximum absolute atomic E-state index is 12.5. The first-order valence-corrected chi connectivity index (χ1v) is 9.42. The Labute approximate surface area is 145 Å². The Balaban J connectivity index is 1.42. The van der Waals surface area contributed by atoms with Crippen molar-refractivity contribution in [2.24, 2.45) is 0 Å². The molecule has 24 heavy (non-hydrogen) atoms. The molecule has 4 heterocycles. The Morgan fingerprint density at radius 3 is 3.17 bits per heavy atom. The fraction of sp³-hybridized carbons (Fsp3) is 0.529. The molecule has 1 atom stereocenters. The smallest absolute Gasteiger partial charge is 0.317 e. The third-order valence-corrected chi connectivity index (χ3v) is 5.47. The number of carbonyl (C=O) groups excluding carboxylic acids is 1. The van der Waals surface area contributed by atoms with E-state index in [0.29, 0.717) is 13.1 Å². The Kier molecular flexibility index (Phi) is 4.53. The van der Waals surface area contributed by atoms with E-state index in [4.69, 9.17) is 9.84 Å². The van der Waals surface area contributed by atoms with Crippen LogP contribution in [0.5, 0.6) is 0 Å². The van der Waals surface area contributed by atoms with Crippen LogP contribution in [-0.2, 0) is 17.8 Å². The van der Waals surface area contributed by atoms with Crippen molar-refractivity contribution in [3.05, 3.63) is 29.3 Å². The van der Waals surface area contributed by atoms with E-state index in [2.05, 4.69) is 22.8 Å². The van der Waals surface area contributed by atoms with Crippen molar-refractivity contribution in [3.63, 3.8) is 0 Å². The molecule has 0 aliphatic carbocycles. The van der Waals surface area contributed by atoms with Gasteiger partial charge in [0.2, 0.25) is 0 Å². The number of carbonyl (C=O) groups is 1. The molecule has 2 aromatic heterocycles. The van der Waals surface area contributed by atoms with Crippen LogP contribution in [-0.4, -0.2) is 46.5 Å². The number of thiophene rings is 1. The highest BCUT2D eigenvalue weighted by atomic mass is 32.1. The fourth-order valence-electron chi connectivity index (χ4n) is 3.30. The molecule has 6 nitrogen and oxygen atoms in total. The lowest BCUT2D eigenvalue weighted by atomic mass is 10.2. The van der Waals surface area contributed by atoms with Gasteiger partial charge in [0.05, 0.1) is 23.2 Å². The average molecular weight is 346 g/mol. The third-order valence-electron chi connectivity index (χ3n) is 4.58. The first kappa shape index (κ1) is 15.7. The summed E-state index contributed by atoms with van der Waals surface area (Å²) in [6.07, 6.45) is 3.23. The first-order valence-electron chi connectivity index (χ1n) is 8.54. The van der Waals surface area contributed by atoms with Gasteiger partial charge in [-0.1, -0.05) is 6.07 Å². The lowest BCUT2D eigenvalue weighted by Gasteiger charge is -2.21. The van der Waals surface area contributed by atoms with Crippen molar-refractivity contribution in [1.82, 2.24) is 20.0 Å². The van der Waals surface area contributed by atoms with Gasteiger partial charge < -0.3 is 15.0 Å². The lowest BCUT2D eigenvalue weighted by molar-refractivity contribution is 0.108. The van der Waals surface area contributed by atoms with Crippen LogP contribution < -0.4 is 5.32 Å². The maximum atomic E-state index is 12.5. The van der Waals surface area contributed by atoms with E-state index < -0.39 is 0 Å². The highest BCUT2D eigenvalue weighted by Gasteiger charge is 2.22. The number of ether oxygens (including phenoxy) is 1. The molecule has 0 radical (unpaired) electrons. The molecule has 7 heteroatoms. The molecule has 0 bridgehead atoms. The normalized spacial score (nSPS) is 20.7. The molecule has 1 N–H and O–H groups in total. The summed E-state index contributed by atoms with van der Waals surface area (Å²) in [5.74, 6) is 0. The summed E-state index contributed by atoms with van der Waals surface area (Å²) < 4.78 is 7.61. The number of amides is 2. The van der Waals surface area contributed by atoms with Gasteiger partial charge in [0.15, 0.2) is 0 Å². The molecule has 0 saturated carbocycles. The molecule has 2 aliphatic heterocycles. The Hall–Kier alpha value is -1.86. The van der Waals surface area contributed by atoms with Gasteiger partial charge >= 0.3 is 6.03 Å². The molecule has 2 amide bonds. The topological polar surface area (TPSA) is 59.4 Å². The monoisotopic (exact) mass is 346 g/mol. The van der Waals surface area contributed by atoms with Crippen LogP contribution in [0.4, 0.5) is 4.79 Å². The summed E-state index contributed by atoms with van der Waals surface area (Å²) in [6.45, 7) is 3.64. The molecule has 2 aromatic rings. The zero-order valence-electron chi connectivity index (χ0n) is 13.6. The highest BCUT2D eigenvalue weighted by Crippen LogP contribution is 2.25. The van der Waals surface area contributed by atoms with Crippen molar-refractivity contribution in [2.45, 2.75) is 38.5 Å². The fourth-order valence-corrected chi connectivity index (χ4v) is 3.98. The van der Waals surface area contributed by atoms with Crippen LogP contribution in [0, 0.1) is 0 Å². The zero-order valence-corrected chi connectivity index (χ0v) is 14.4. The highest BCUT2D eigenvalue weighted by molar-refractivity contribution is 7.13. The van der Waals surface area contributed by atoms with Crippen LogP contribution >= 0.6 is 11.3 Å². The lowest BCUT2D eigenvalue weighted by Crippen LogP contribution is -2.42. The predicted octanol–water partition coefficient (Wildman–Crippen LogP) is 2.71. The number of aromatic nitrogens is 2. The van der Waals surface area contributed by atoms with Gasteiger partial charge in [-0.3, -0.25) is 4.68 Å². The van der Waals surface area contributed by atoms with Gasteiger partial charge in [-0.05, 0) is 36.8 Å². The second-order valence-corrected chi connectivity index (χ2v) is 7.27. The molecule has 1 saturated heterocycles. The second-order valence-electron chi connectivity index (χ2n) is 6.32. The van der Waals surface area contributed by atoms with E-state index in [-0.39, 0.29) is 12.1 Å². The van der Waals surface area contributed by atoms with E-state index in [1.54, 1.807) is 11.3 Å².